The Morgan fingerprint density at radius 2 is 1.69 bits per heavy atom. The maximum Gasteiger partial charge on any atom is 0.215 e. The van der Waals surface area contributed by atoms with E-state index < -0.39 is 10.4 Å². The van der Waals surface area contributed by atoms with E-state index in [1.807, 2.05) is 0 Å². The first-order valence-corrected chi connectivity index (χ1v) is 5.82. The van der Waals surface area contributed by atoms with Crippen LogP contribution < -0.4 is 4.90 Å². The van der Waals surface area contributed by atoms with Gasteiger partial charge in [0.25, 0.3) is 0 Å². The van der Waals surface area contributed by atoms with Crippen molar-refractivity contribution in [3.05, 3.63) is 0 Å². The minimum absolute atomic E-state index is 1.33. The molecule has 1 saturated heterocycles. The van der Waals surface area contributed by atoms with E-state index in [-0.39, 0.29) is 0 Å². The van der Waals surface area contributed by atoms with Gasteiger partial charge < -0.3 is 9.45 Å². The highest BCUT2D eigenvalue weighted by Gasteiger charge is 2.09. The largest absolute Gasteiger partial charge is 0.726 e. The van der Waals surface area contributed by atoms with Gasteiger partial charge in [0.1, 0.15) is 0 Å². The predicted molar refractivity (Wildman–Crippen MR) is 47.4 cm³/mol. The van der Waals surface area contributed by atoms with Crippen molar-refractivity contribution in [3.63, 3.8) is 0 Å². The van der Waals surface area contributed by atoms with Crippen LogP contribution in [0.25, 0.3) is 0 Å². The van der Waals surface area contributed by atoms with Gasteiger partial charge in [-0.15, -0.1) is 0 Å². The summed E-state index contributed by atoms with van der Waals surface area (Å²) in [6.07, 6.45) is 4.40. The fourth-order valence-electron chi connectivity index (χ4n) is 1.41. The third-order valence-corrected chi connectivity index (χ3v) is 2.06. The minimum Gasteiger partial charge on any atom is -0.726 e. The number of quaternary nitrogens is 1. The summed E-state index contributed by atoms with van der Waals surface area (Å²) in [7, 11) is -4.92. The topological polar surface area (TPSA) is 81.9 Å². The fraction of sp³-hybridized carbons (Fsp3) is 1.00. The van der Waals surface area contributed by atoms with E-state index in [2.05, 4.69) is 6.92 Å². The normalized spacial score (nSPS) is 19.0. The monoisotopic (exact) mass is 211 g/mol. The highest BCUT2D eigenvalue weighted by molar-refractivity contribution is 7.79. The summed E-state index contributed by atoms with van der Waals surface area (Å²) in [6.45, 7) is 6.47. The number of nitrogens with one attached hydrogen (secondary N) is 1. The average Bonchev–Trinajstić information content (AvgIpc) is 2.03. The maximum absolute atomic E-state index is 8.63. The number of hydrogen-bond acceptors (Lipinski definition) is 3. The van der Waals surface area contributed by atoms with Crippen LogP contribution in [0, 0.1) is 0 Å². The quantitative estimate of drug-likeness (QED) is 0.434. The number of likely N-dealkylation sites (tertiary alicyclic amines) is 1. The van der Waals surface area contributed by atoms with Crippen molar-refractivity contribution in [2.24, 2.45) is 0 Å². The molecule has 0 unspecified atom stereocenters. The summed E-state index contributed by atoms with van der Waals surface area (Å²) >= 11 is 0. The predicted octanol–water partition coefficient (Wildman–Crippen LogP) is -0.920. The van der Waals surface area contributed by atoms with Crippen molar-refractivity contribution in [1.29, 1.82) is 0 Å². The Morgan fingerprint density at radius 1 is 1.31 bits per heavy atom. The van der Waals surface area contributed by atoms with Gasteiger partial charge in [-0.3, -0.25) is 4.55 Å². The zero-order valence-corrected chi connectivity index (χ0v) is 8.64. The van der Waals surface area contributed by atoms with Crippen molar-refractivity contribution in [3.8, 4) is 0 Å². The molecule has 0 atom stereocenters. The molecule has 0 aliphatic carbocycles. The molecule has 0 aromatic carbocycles. The minimum atomic E-state index is -4.92. The molecule has 0 amide bonds. The first kappa shape index (κ1) is 12.8. The van der Waals surface area contributed by atoms with Crippen LogP contribution in [-0.2, 0) is 10.4 Å². The Kier molecular flexibility index (Phi) is 6.23. The van der Waals surface area contributed by atoms with Crippen LogP contribution in [0.1, 0.15) is 26.2 Å². The number of rotatable bonds is 1. The van der Waals surface area contributed by atoms with Gasteiger partial charge in [0.2, 0.25) is 10.4 Å². The van der Waals surface area contributed by atoms with E-state index in [1.54, 1.807) is 4.90 Å². The fourth-order valence-corrected chi connectivity index (χ4v) is 1.41. The van der Waals surface area contributed by atoms with Crippen LogP contribution in [-0.4, -0.2) is 37.2 Å². The molecule has 0 radical (unpaired) electrons. The molecule has 0 aromatic rings. The first-order chi connectivity index (χ1) is 5.93. The smallest absolute Gasteiger partial charge is 0.215 e. The summed E-state index contributed by atoms with van der Waals surface area (Å²) in [5.74, 6) is 0. The summed E-state index contributed by atoms with van der Waals surface area (Å²) in [6, 6.07) is 0. The van der Waals surface area contributed by atoms with Gasteiger partial charge in [-0.1, -0.05) is 0 Å². The summed E-state index contributed by atoms with van der Waals surface area (Å²) in [5, 5.41) is 0. The van der Waals surface area contributed by atoms with Crippen molar-refractivity contribution >= 4 is 10.4 Å². The van der Waals surface area contributed by atoms with Crippen LogP contribution in [0.4, 0.5) is 0 Å². The van der Waals surface area contributed by atoms with Gasteiger partial charge in [0, 0.05) is 0 Å². The third kappa shape index (κ3) is 11.8. The Hall–Kier alpha value is -0.170. The molecule has 80 valence electrons. The molecule has 2 N–H and O–H groups in total. The van der Waals surface area contributed by atoms with Gasteiger partial charge in [-0.2, -0.15) is 0 Å². The van der Waals surface area contributed by atoms with E-state index in [9.17, 15) is 0 Å². The third-order valence-electron chi connectivity index (χ3n) is 2.06. The lowest BCUT2D eigenvalue weighted by Crippen LogP contribution is -3.12. The van der Waals surface area contributed by atoms with E-state index in [0.29, 0.717) is 0 Å². The van der Waals surface area contributed by atoms with Crippen molar-refractivity contribution < 1.29 is 22.4 Å². The zero-order valence-electron chi connectivity index (χ0n) is 7.82. The van der Waals surface area contributed by atoms with E-state index in [4.69, 9.17) is 17.5 Å². The standard InChI is InChI=1S/C7H15N.H2O4S/c1-2-8-6-4-3-5-7-8;1-5(2,3)4/h2-7H2,1H3;(H2,1,2,3,4). The van der Waals surface area contributed by atoms with Gasteiger partial charge in [0.05, 0.1) is 19.6 Å². The van der Waals surface area contributed by atoms with Gasteiger partial charge in [-0.25, -0.2) is 8.42 Å². The molecule has 1 aliphatic heterocycles. The highest BCUT2D eigenvalue weighted by atomic mass is 32.3. The lowest BCUT2D eigenvalue weighted by Gasteiger charge is -2.21. The molecule has 1 fully saturated rings. The average molecular weight is 211 g/mol. The Balaban J connectivity index is 0.000000252. The van der Waals surface area contributed by atoms with E-state index in [0.717, 1.165) is 0 Å². The van der Waals surface area contributed by atoms with Crippen molar-refractivity contribution in [2.45, 2.75) is 26.2 Å². The van der Waals surface area contributed by atoms with Crippen LogP contribution in [0.3, 0.4) is 0 Å². The van der Waals surface area contributed by atoms with Crippen LogP contribution >= 0.6 is 0 Å². The number of piperidine rings is 1. The lowest BCUT2D eigenvalue weighted by atomic mass is 10.1. The molecule has 0 aromatic heterocycles. The first-order valence-electron chi connectivity index (χ1n) is 4.45. The molecular weight excluding hydrogens is 194 g/mol. The maximum atomic E-state index is 8.63. The molecule has 1 rings (SSSR count). The van der Waals surface area contributed by atoms with Crippen molar-refractivity contribution in [1.82, 2.24) is 0 Å². The molecule has 1 aliphatic rings. The molecular formula is C7H17NO4S. The molecule has 0 spiro atoms. The van der Waals surface area contributed by atoms with Crippen LogP contribution in [0.5, 0.6) is 0 Å². The van der Waals surface area contributed by atoms with Crippen LogP contribution in [0.15, 0.2) is 0 Å². The number of hydrogen-bond donors (Lipinski definition) is 2. The molecule has 13 heavy (non-hydrogen) atoms. The van der Waals surface area contributed by atoms with E-state index in [1.165, 1.54) is 38.9 Å². The van der Waals surface area contributed by atoms with Gasteiger partial charge in [-0.05, 0) is 26.2 Å². The van der Waals surface area contributed by atoms with Crippen molar-refractivity contribution in [2.75, 3.05) is 19.6 Å². The summed E-state index contributed by atoms with van der Waals surface area (Å²) < 4.78 is 32.8. The second-order valence-corrected chi connectivity index (χ2v) is 3.95. The molecule has 5 nitrogen and oxygen atoms in total. The Bertz CT molecular complexity index is 201. The molecule has 6 heteroatoms. The summed E-state index contributed by atoms with van der Waals surface area (Å²) in [4.78, 5) is 1.80. The summed E-state index contributed by atoms with van der Waals surface area (Å²) in [5.41, 5.74) is 0. The second kappa shape index (κ2) is 6.31. The second-order valence-electron chi connectivity index (χ2n) is 3.09. The Morgan fingerprint density at radius 3 is 1.92 bits per heavy atom. The lowest BCUT2D eigenvalue weighted by molar-refractivity contribution is -0.903. The zero-order chi connectivity index (χ0) is 10.3. The van der Waals surface area contributed by atoms with E-state index >= 15 is 0 Å². The molecule has 0 saturated carbocycles. The highest BCUT2D eigenvalue weighted by Crippen LogP contribution is 1.93. The van der Waals surface area contributed by atoms with Gasteiger partial charge in [0.15, 0.2) is 0 Å². The molecule has 1 heterocycles. The molecule has 0 bridgehead atoms. The van der Waals surface area contributed by atoms with Gasteiger partial charge >= 0.3 is 0 Å². The Labute approximate surface area is 79.3 Å². The van der Waals surface area contributed by atoms with Crippen LogP contribution in [0.2, 0.25) is 0 Å². The SMILES string of the molecule is CC[NH+]1CCCCC1.O=S(=O)([O-])O.